The average Bonchev–Trinajstić information content (AvgIpc) is 2.58. The molecule has 0 atom stereocenters. The summed E-state index contributed by atoms with van der Waals surface area (Å²) < 4.78 is 10.8. The zero-order valence-electron chi connectivity index (χ0n) is 14.2. The number of ether oxygens (including phenoxy) is 2. The fourth-order valence-electron chi connectivity index (χ4n) is 2.84. The molecule has 1 aliphatic heterocycles. The number of methoxy groups -OCH3 is 1. The second-order valence-electron chi connectivity index (χ2n) is 6.47. The number of para-hydroxylation sites is 2. The molecule has 3 rings (SSSR count). The summed E-state index contributed by atoms with van der Waals surface area (Å²) in [5.41, 5.74) is 1.65. The van der Waals surface area contributed by atoms with Crippen molar-refractivity contribution < 1.29 is 14.3 Å². The first-order valence-corrected chi connectivity index (χ1v) is 7.93. The van der Waals surface area contributed by atoms with Crippen LogP contribution in [0.3, 0.4) is 0 Å². The van der Waals surface area contributed by atoms with E-state index in [1.54, 1.807) is 18.1 Å². The number of fused-ring (bicyclic) bond motifs is 1. The van der Waals surface area contributed by atoms with Crippen LogP contribution in [0, 0.1) is 0 Å². The molecule has 126 valence electrons. The van der Waals surface area contributed by atoms with Gasteiger partial charge < -0.3 is 19.7 Å². The number of nitrogens with one attached hydrogen (secondary N) is 1. The van der Waals surface area contributed by atoms with Crippen molar-refractivity contribution in [1.82, 2.24) is 0 Å². The molecule has 1 heterocycles. The fraction of sp³-hybridized carbons (Fsp3) is 0.316. The maximum absolute atomic E-state index is 12.7. The third-order valence-corrected chi connectivity index (χ3v) is 3.93. The highest BCUT2D eigenvalue weighted by Gasteiger charge is 2.32. The standard InChI is InChI=1S/C19H22N2O3/c1-19(2)13-21(17-10-5-4-9-16(17)20-19)18(22)12-24-15-8-6-7-14(11-15)23-3/h4-11,20H,12-13H2,1-3H3. The van der Waals surface area contributed by atoms with Crippen LogP contribution in [0.5, 0.6) is 11.5 Å². The lowest BCUT2D eigenvalue weighted by atomic mass is 9.99. The third kappa shape index (κ3) is 3.45. The third-order valence-electron chi connectivity index (χ3n) is 3.93. The van der Waals surface area contributed by atoms with Crippen molar-refractivity contribution in [2.24, 2.45) is 0 Å². The summed E-state index contributed by atoms with van der Waals surface area (Å²) in [6, 6.07) is 15.1. The first-order valence-electron chi connectivity index (χ1n) is 7.93. The highest BCUT2D eigenvalue weighted by molar-refractivity contribution is 5.99. The molecule has 5 heteroatoms. The molecule has 0 spiro atoms. The average molecular weight is 326 g/mol. The summed E-state index contributed by atoms with van der Waals surface area (Å²) in [5, 5.41) is 3.46. The van der Waals surface area contributed by atoms with Gasteiger partial charge in [0.05, 0.1) is 18.5 Å². The minimum absolute atomic E-state index is 0.0163. The Morgan fingerprint density at radius 3 is 2.71 bits per heavy atom. The topological polar surface area (TPSA) is 50.8 Å². The second-order valence-corrected chi connectivity index (χ2v) is 6.47. The van der Waals surface area contributed by atoms with Crippen LogP contribution < -0.4 is 19.7 Å². The van der Waals surface area contributed by atoms with E-state index in [0.29, 0.717) is 18.0 Å². The summed E-state index contributed by atoms with van der Waals surface area (Å²) in [4.78, 5) is 14.5. The summed E-state index contributed by atoms with van der Waals surface area (Å²) in [6.45, 7) is 4.72. The number of rotatable bonds is 4. The molecule has 5 nitrogen and oxygen atoms in total. The van der Waals surface area contributed by atoms with Crippen molar-refractivity contribution in [1.29, 1.82) is 0 Å². The normalized spacial score (nSPS) is 15.2. The molecule has 0 saturated heterocycles. The summed E-state index contributed by atoms with van der Waals surface area (Å²) in [7, 11) is 1.60. The predicted octanol–water partition coefficient (Wildman–Crippen LogP) is 3.31. The van der Waals surface area contributed by atoms with E-state index in [0.717, 1.165) is 11.4 Å². The number of hydrogen-bond acceptors (Lipinski definition) is 4. The Morgan fingerprint density at radius 2 is 1.92 bits per heavy atom. The molecular formula is C19H22N2O3. The zero-order valence-corrected chi connectivity index (χ0v) is 14.2. The van der Waals surface area contributed by atoms with Crippen LogP contribution in [0.25, 0.3) is 0 Å². The molecule has 1 amide bonds. The first kappa shape index (κ1) is 16.2. The summed E-state index contributed by atoms with van der Waals surface area (Å²) in [6.07, 6.45) is 0. The molecule has 0 aliphatic carbocycles. The number of amides is 1. The van der Waals surface area contributed by atoms with Crippen molar-refractivity contribution in [3.63, 3.8) is 0 Å². The van der Waals surface area contributed by atoms with Crippen molar-refractivity contribution in [3.8, 4) is 11.5 Å². The van der Waals surface area contributed by atoms with Gasteiger partial charge in [0, 0.05) is 18.2 Å². The molecule has 24 heavy (non-hydrogen) atoms. The lowest BCUT2D eigenvalue weighted by Gasteiger charge is -2.40. The summed E-state index contributed by atoms with van der Waals surface area (Å²) >= 11 is 0. The second kappa shape index (κ2) is 6.43. The molecule has 2 aromatic carbocycles. The maximum atomic E-state index is 12.7. The van der Waals surface area contributed by atoms with Gasteiger partial charge in [0.25, 0.3) is 5.91 Å². The van der Waals surface area contributed by atoms with Crippen LogP contribution >= 0.6 is 0 Å². The van der Waals surface area contributed by atoms with Crippen LogP contribution in [0.15, 0.2) is 48.5 Å². The van der Waals surface area contributed by atoms with Gasteiger partial charge in [0.1, 0.15) is 11.5 Å². The van der Waals surface area contributed by atoms with Crippen LogP contribution in [-0.4, -0.2) is 31.7 Å². The van der Waals surface area contributed by atoms with Crippen molar-refractivity contribution in [3.05, 3.63) is 48.5 Å². The first-order chi connectivity index (χ1) is 11.5. The van der Waals surface area contributed by atoms with E-state index in [2.05, 4.69) is 19.2 Å². The van der Waals surface area contributed by atoms with E-state index in [1.165, 1.54) is 0 Å². The number of nitrogens with zero attached hydrogens (tertiary/aromatic N) is 1. The SMILES string of the molecule is COc1cccc(OCC(=O)N2CC(C)(C)Nc3ccccc32)c1. The van der Waals surface area contributed by atoms with Gasteiger partial charge in [-0.05, 0) is 38.1 Å². The van der Waals surface area contributed by atoms with Gasteiger partial charge >= 0.3 is 0 Å². The van der Waals surface area contributed by atoms with E-state index in [-0.39, 0.29) is 18.1 Å². The van der Waals surface area contributed by atoms with Gasteiger partial charge in [0.15, 0.2) is 6.61 Å². The molecule has 0 unspecified atom stereocenters. The monoisotopic (exact) mass is 326 g/mol. The number of anilines is 2. The maximum Gasteiger partial charge on any atom is 0.265 e. The number of carbonyl (C=O) groups excluding carboxylic acids is 1. The Balaban J connectivity index is 1.74. The fourth-order valence-corrected chi connectivity index (χ4v) is 2.84. The van der Waals surface area contributed by atoms with Crippen LogP contribution in [0.1, 0.15) is 13.8 Å². The number of hydrogen-bond donors (Lipinski definition) is 1. The van der Waals surface area contributed by atoms with Crippen LogP contribution in [0.4, 0.5) is 11.4 Å². The zero-order chi connectivity index (χ0) is 17.2. The Bertz CT molecular complexity index is 743. The van der Waals surface area contributed by atoms with Gasteiger partial charge in [-0.1, -0.05) is 18.2 Å². The highest BCUT2D eigenvalue weighted by atomic mass is 16.5. The molecule has 2 aromatic rings. The van der Waals surface area contributed by atoms with Gasteiger partial charge in [0.2, 0.25) is 0 Å². The van der Waals surface area contributed by atoms with E-state index in [9.17, 15) is 4.79 Å². The summed E-state index contributed by atoms with van der Waals surface area (Å²) in [5.74, 6) is 1.25. The Hall–Kier alpha value is -2.69. The Kier molecular flexibility index (Phi) is 4.34. The van der Waals surface area contributed by atoms with Gasteiger partial charge in [-0.25, -0.2) is 0 Å². The van der Waals surface area contributed by atoms with E-state index < -0.39 is 0 Å². The molecule has 0 radical (unpaired) electrons. The highest BCUT2D eigenvalue weighted by Crippen LogP contribution is 2.34. The largest absolute Gasteiger partial charge is 0.497 e. The lowest BCUT2D eigenvalue weighted by molar-refractivity contribution is -0.120. The van der Waals surface area contributed by atoms with Crippen LogP contribution in [0.2, 0.25) is 0 Å². The van der Waals surface area contributed by atoms with Gasteiger partial charge in [-0.3, -0.25) is 4.79 Å². The van der Waals surface area contributed by atoms with Gasteiger partial charge in [-0.15, -0.1) is 0 Å². The lowest BCUT2D eigenvalue weighted by Crippen LogP contribution is -2.51. The smallest absolute Gasteiger partial charge is 0.265 e. The quantitative estimate of drug-likeness (QED) is 0.936. The minimum atomic E-state index is -0.194. The van der Waals surface area contributed by atoms with Crippen molar-refractivity contribution >= 4 is 17.3 Å². The Morgan fingerprint density at radius 1 is 1.17 bits per heavy atom. The molecule has 1 aliphatic rings. The van der Waals surface area contributed by atoms with E-state index in [1.807, 2.05) is 42.5 Å². The molecule has 0 fully saturated rings. The van der Waals surface area contributed by atoms with E-state index >= 15 is 0 Å². The minimum Gasteiger partial charge on any atom is -0.497 e. The molecule has 0 aromatic heterocycles. The number of benzene rings is 2. The number of carbonyl (C=O) groups is 1. The van der Waals surface area contributed by atoms with E-state index in [4.69, 9.17) is 9.47 Å². The van der Waals surface area contributed by atoms with Crippen molar-refractivity contribution in [2.45, 2.75) is 19.4 Å². The molecule has 0 bridgehead atoms. The predicted molar refractivity (Wildman–Crippen MR) is 95.0 cm³/mol. The molecule has 0 saturated carbocycles. The molecular weight excluding hydrogens is 304 g/mol. The van der Waals surface area contributed by atoms with Gasteiger partial charge in [-0.2, -0.15) is 0 Å². The van der Waals surface area contributed by atoms with Crippen molar-refractivity contribution in [2.75, 3.05) is 30.5 Å². The molecule has 1 N–H and O–H groups in total. The van der Waals surface area contributed by atoms with Crippen LogP contribution in [-0.2, 0) is 4.79 Å². The Labute approximate surface area is 142 Å².